The Morgan fingerprint density at radius 1 is 1.28 bits per heavy atom. The van der Waals surface area contributed by atoms with E-state index in [1.807, 2.05) is 0 Å². The highest BCUT2D eigenvalue weighted by molar-refractivity contribution is 7.90. The summed E-state index contributed by atoms with van der Waals surface area (Å²) >= 11 is 0. The number of likely N-dealkylation sites (tertiary alicyclic amines) is 1. The molecule has 138 valence electrons. The highest BCUT2D eigenvalue weighted by Gasteiger charge is 2.35. The monoisotopic (exact) mass is 367 g/mol. The van der Waals surface area contributed by atoms with Crippen LogP contribution in [-0.2, 0) is 10.0 Å². The number of nitrogens with one attached hydrogen (secondary N) is 1. The van der Waals surface area contributed by atoms with Gasteiger partial charge in [0.15, 0.2) is 0 Å². The SMILES string of the molecule is COc1ncccc1C(=O)N1CCCC(S(=O)(=O)NC2CCCC2)C1. The topological polar surface area (TPSA) is 88.6 Å². The summed E-state index contributed by atoms with van der Waals surface area (Å²) in [6.45, 7) is 0.755. The van der Waals surface area contributed by atoms with Crippen LogP contribution in [0.15, 0.2) is 18.3 Å². The predicted octanol–water partition coefficient (Wildman–Crippen LogP) is 1.56. The lowest BCUT2D eigenvalue weighted by Crippen LogP contribution is -2.50. The Morgan fingerprint density at radius 3 is 2.76 bits per heavy atom. The number of hydrogen-bond donors (Lipinski definition) is 1. The van der Waals surface area contributed by atoms with Crippen LogP contribution in [0.2, 0.25) is 0 Å². The number of carbonyl (C=O) groups is 1. The number of hydrogen-bond acceptors (Lipinski definition) is 5. The van der Waals surface area contributed by atoms with Gasteiger partial charge < -0.3 is 9.64 Å². The van der Waals surface area contributed by atoms with Crippen LogP contribution in [-0.4, -0.2) is 55.7 Å². The first-order valence-corrected chi connectivity index (χ1v) is 10.4. The molecule has 8 heteroatoms. The Bertz CT molecular complexity index is 716. The number of pyridine rings is 1. The maximum Gasteiger partial charge on any atom is 0.259 e. The first-order valence-electron chi connectivity index (χ1n) is 8.80. The van der Waals surface area contributed by atoms with Crippen LogP contribution >= 0.6 is 0 Å². The number of nitrogens with zero attached hydrogens (tertiary/aromatic N) is 2. The van der Waals surface area contributed by atoms with Crippen molar-refractivity contribution in [3.63, 3.8) is 0 Å². The molecule has 2 heterocycles. The van der Waals surface area contributed by atoms with Gasteiger partial charge >= 0.3 is 0 Å². The van der Waals surface area contributed by atoms with E-state index >= 15 is 0 Å². The number of ether oxygens (including phenoxy) is 1. The van der Waals surface area contributed by atoms with Crippen molar-refractivity contribution in [3.8, 4) is 5.88 Å². The van der Waals surface area contributed by atoms with Crippen molar-refractivity contribution < 1.29 is 17.9 Å². The number of piperidine rings is 1. The molecule has 1 unspecified atom stereocenters. The van der Waals surface area contributed by atoms with E-state index in [-0.39, 0.29) is 24.4 Å². The number of carbonyl (C=O) groups excluding carboxylic acids is 1. The number of aromatic nitrogens is 1. The van der Waals surface area contributed by atoms with Gasteiger partial charge in [-0.1, -0.05) is 12.8 Å². The van der Waals surface area contributed by atoms with E-state index in [4.69, 9.17) is 4.74 Å². The third-order valence-corrected chi connectivity index (χ3v) is 6.91. The van der Waals surface area contributed by atoms with E-state index in [0.29, 0.717) is 24.9 Å². The van der Waals surface area contributed by atoms with E-state index < -0.39 is 15.3 Å². The number of rotatable bonds is 5. The molecule has 0 radical (unpaired) electrons. The molecule has 3 rings (SSSR count). The van der Waals surface area contributed by atoms with Gasteiger partial charge in [-0.05, 0) is 37.8 Å². The molecule has 1 aromatic heterocycles. The summed E-state index contributed by atoms with van der Waals surface area (Å²) in [5.41, 5.74) is 0.367. The Hall–Kier alpha value is -1.67. The average Bonchev–Trinajstić information content (AvgIpc) is 3.13. The van der Waals surface area contributed by atoms with Gasteiger partial charge in [0.05, 0.1) is 12.4 Å². The summed E-state index contributed by atoms with van der Waals surface area (Å²) in [6, 6.07) is 3.38. The minimum absolute atomic E-state index is 0.0505. The Morgan fingerprint density at radius 2 is 2.04 bits per heavy atom. The van der Waals surface area contributed by atoms with E-state index in [1.165, 1.54) is 7.11 Å². The van der Waals surface area contributed by atoms with E-state index in [0.717, 1.165) is 25.7 Å². The maximum atomic E-state index is 12.8. The quantitative estimate of drug-likeness (QED) is 0.853. The van der Waals surface area contributed by atoms with Crippen molar-refractivity contribution in [1.82, 2.24) is 14.6 Å². The zero-order valence-electron chi connectivity index (χ0n) is 14.5. The van der Waals surface area contributed by atoms with Crippen LogP contribution in [0.3, 0.4) is 0 Å². The van der Waals surface area contributed by atoms with Gasteiger partial charge in [0.2, 0.25) is 15.9 Å². The highest BCUT2D eigenvalue weighted by atomic mass is 32.2. The summed E-state index contributed by atoms with van der Waals surface area (Å²) < 4.78 is 33.4. The Balaban J connectivity index is 1.71. The number of sulfonamides is 1. The van der Waals surface area contributed by atoms with Gasteiger partial charge in [0.1, 0.15) is 5.56 Å². The van der Waals surface area contributed by atoms with E-state index in [9.17, 15) is 13.2 Å². The van der Waals surface area contributed by atoms with Crippen molar-refractivity contribution in [2.24, 2.45) is 0 Å². The van der Waals surface area contributed by atoms with Gasteiger partial charge in [-0.3, -0.25) is 4.79 Å². The molecule has 7 nitrogen and oxygen atoms in total. The lowest BCUT2D eigenvalue weighted by molar-refractivity contribution is 0.0722. The molecular formula is C17H25N3O4S. The molecule has 1 aliphatic heterocycles. The summed E-state index contributed by atoms with van der Waals surface area (Å²) in [5, 5.41) is -0.562. The number of methoxy groups -OCH3 is 1. The summed E-state index contributed by atoms with van der Waals surface area (Å²) in [7, 11) is -1.96. The molecule has 0 bridgehead atoms. The minimum Gasteiger partial charge on any atom is -0.480 e. The van der Waals surface area contributed by atoms with Gasteiger partial charge in [-0.25, -0.2) is 18.1 Å². The molecule has 1 aromatic rings. The molecule has 0 spiro atoms. The van der Waals surface area contributed by atoms with E-state index in [2.05, 4.69) is 9.71 Å². The molecule has 1 atom stereocenters. The normalized spacial score (nSPS) is 22.1. The first-order chi connectivity index (χ1) is 12.0. The second-order valence-electron chi connectivity index (χ2n) is 6.72. The maximum absolute atomic E-state index is 12.8. The Kier molecular flexibility index (Phi) is 5.58. The fourth-order valence-corrected chi connectivity index (χ4v) is 5.38. The van der Waals surface area contributed by atoms with Gasteiger partial charge in [-0.15, -0.1) is 0 Å². The second-order valence-corrected chi connectivity index (χ2v) is 8.71. The lowest BCUT2D eigenvalue weighted by atomic mass is 10.1. The van der Waals surface area contributed by atoms with Crippen LogP contribution < -0.4 is 9.46 Å². The first kappa shape index (κ1) is 18.1. The molecule has 1 amide bonds. The van der Waals surface area contributed by atoms with Crippen molar-refractivity contribution in [1.29, 1.82) is 0 Å². The van der Waals surface area contributed by atoms with Crippen molar-refractivity contribution in [2.75, 3.05) is 20.2 Å². The standard InChI is InChI=1S/C17H25N3O4S/c1-24-16-15(9-4-10-18-16)17(21)20-11-5-8-14(12-20)25(22,23)19-13-6-2-3-7-13/h4,9-10,13-14,19H,2-3,5-8,11-12H2,1H3. The van der Waals surface area contributed by atoms with Gasteiger partial charge in [0.25, 0.3) is 5.91 Å². The predicted molar refractivity (Wildman–Crippen MR) is 94.0 cm³/mol. The van der Waals surface area contributed by atoms with Crippen LogP contribution in [0.1, 0.15) is 48.9 Å². The molecule has 1 saturated heterocycles. The minimum atomic E-state index is -3.42. The molecule has 25 heavy (non-hydrogen) atoms. The summed E-state index contributed by atoms with van der Waals surface area (Å²) in [6.07, 6.45) is 6.76. The van der Waals surface area contributed by atoms with Gasteiger partial charge in [-0.2, -0.15) is 0 Å². The Labute approximate surface area is 148 Å². The largest absolute Gasteiger partial charge is 0.480 e. The zero-order valence-corrected chi connectivity index (χ0v) is 15.3. The van der Waals surface area contributed by atoms with E-state index in [1.54, 1.807) is 23.2 Å². The van der Waals surface area contributed by atoms with Crippen LogP contribution in [0, 0.1) is 0 Å². The third-order valence-electron chi connectivity index (χ3n) is 4.99. The smallest absolute Gasteiger partial charge is 0.259 e. The number of amides is 1. The average molecular weight is 367 g/mol. The summed E-state index contributed by atoms with van der Waals surface area (Å²) in [4.78, 5) is 18.4. The fourth-order valence-electron chi connectivity index (χ4n) is 3.63. The molecule has 2 fully saturated rings. The molecule has 1 N–H and O–H groups in total. The van der Waals surface area contributed by atoms with Crippen molar-refractivity contribution >= 4 is 15.9 Å². The molecule has 0 aromatic carbocycles. The highest BCUT2D eigenvalue weighted by Crippen LogP contribution is 2.24. The van der Waals surface area contributed by atoms with Gasteiger partial charge in [0, 0.05) is 25.3 Å². The second kappa shape index (κ2) is 7.70. The van der Waals surface area contributed by atoms with Crippen LogP contribution in [0.5, 0.6) is 5.88 Å². The lowest BCUT2D eigenvalue weighted by Gasteiger charge is -2.33. The third kappa shape index (κ3) is 4.12. The zero-order chi connectivity index (χ0) is 17.9. The molecule has 1 saturated carbocycles. The van der Waals surface area contributed by atoms with Crippen LogP contribution in [0.25, 0.3) is 0 Å². The summed E-state index contributed by atoms with van der Waals surface area (Å²) in [5.74, 6) is 0.0345. The molecular weight excluding hydrogens is 342 g/mol. The van der Waals surface area contributed by atoms with Crippen molar-refractivity contribution in [3.05, 3.63) is 23.9 Å². The molecule has 2 aliphatic rings. The molecule has 1 aliphatic carbocycles. The fraction of sp³-hybridized carbons (Fsp3) is 0.647. The van der Waals surface area contributed by atoms with Crippen LogP contribution in [0.4, 0.5) is 0 Å². The van der Waals surface area contributed by atoms with Crippen molar-refractivity contribution in [2.45, 2.75) is 49.8 Å².